The number of hydrogen-bond acceptors (Lipinski definition) is 2. The molecule has 4 nitrogen and oxygen atoms in total. The summed E-state index contributed by atoms with van der Waals surface area (Å²) in [7, 11) is 0. The number of hydrogen-bond donors (Lipinski definition) is 1. The highest BCUT2D eigenvalue weighted by Gasteiger charge is 2.52. The quantitative estimate of drug-likeness (QED) is 0.809. The zero-order valence-electron chi connectivity index (χ0n) is 18.3. The molecule has 4 atom stereocenters. The number of carbonyl (C=O) groups is 2. The largest absolute Gasteiger partial charge is 0.340 e. The molecule has 4 unspecified atom stereocenters. The monoisotopic (exact) mass is 384 g/mol. The average molecular weight is 385 g/mol. The van der Waals surface area contributed by atoms with E-state index < -0.39 is 6.04 Å². The van der Waals surface area contributed by atoms with Crippen molar-refractivity contribution >= 4 is 11.8 Å². The third-order valence-corrected chi connectivity index (χ3v) is 6.78. The van der Waals surface area contributed by atoms with Crippen molar-refractivity contribution in [1.29, 1.82) is 0 Å². The highest BCUT2D eigenvalue weighted by atomic mass is 16.2. The van der Waals surface area contributed by atoms with Gasteiger partial charge in [-0.25, -0.2) is 0 Å². The molecule has 2 amide bonds. The van der Waals surface area contributed by atoms with Crippen molar-refractivity contribution in [2.45, 2.75) is 79.3 Å². The Morgan fingerprint density at radius 1 is 1.18 bits per heavy atom. The summed E-state index contributed by atoms with van der Waals surface area (Å²) in [5.74, 6) is 0.0387. The summed E-state index contributed by atoms with van der Waals surface area (Å²) in [6.07, 6.45) is 4.14. The molecule has 1 aromatic carbocycles. The van der Waals surface area contributed by atoms with Crippen LogP contribution >= 0.6 is 0 Å². The Kier molecular flexibility index (Phi) is 5.62. The second-order valence-corrected chi connectivity index (χ2v) is 10.4. The molecule has 28 heavy (non-hydrogen) atoms. The van der Waals surface area contributed by atoms with Gasteiger partial charge in [-0.3, -0.25) is 9.59 Å². The Balaban J connectivity index is 1.79. The number of benzene rings is 1. The lowest BCUT2D eigenvalue weighted by molar-refractivity contribution is -0.135. The lowest BCUT2D eigenvalue weighted by Crippen LogP contribution is -2.53. The standard InChI is InChI=1S/C24H36N2O2/c1-7-17(3)20(25-21(27)18-10-8-16(2)9-11-18)22(28)26-15-24(6)13-19(26)12-23(4,5)14-24/h8-11,17,19-20H,7,12-15H2,1-6H3,(H,25,27). The minimum atomic E-state index is -0.468. The third-order valence-electron chi connectivity index (χ3n) is 6.78. The van der Waals surface area contributed by atoms with Crippen molar-refractivity contribution in [3.8, 4) is 0 Å². The van der Waals surface area contributed by atoms with Gasteiger partial charge in [0.25, 0.3) is 5.91 Å². The van der Waals surface area contributed by atoms with Crippen LogP contribution in [0.5, 0.6) is 0 Å². The Labute approximate surface area is 170 Å². The van der Waals surface area contributed by atoms with Gasteiger partial charge in [0.05, 0.1) is 0 Å². The lowest BCUT2D eigenvalue weighted by atomic mass is 9.65. The predicted molar refractivity (Wildman–Crippen MR) is 113 cm³/mol. The molecule has 0 radical (unpaired) electrons. The van der Waals surface area contributed by atoms with E-state index in [0.717, 1.165) is 37.8 Å². The van der Waals surface area contributed by atoms with Gasteiger partial charge in [-0.15, -0.1) is 0 Å². The van der Waals surface area contributed by atoms with E-state index in [9.17, 15) is 9.59 Å². The Bertz CT molecular complexity index is 739. The van der Waals surface area contributed by atoms with Crippen LogP contribution < -0.4 is 5.32 Å². The van der Waals surface area contributed by atoms with Gasteiger partial charge in [0.15, 0.2) is 0 Å². The van der Waals surface area contributed by atoms with Gasteiger partial charge in [-0.05, 0) is 55.1 Å². The fourth-order valence-electron chi connectivity index (χ4n) is 5.51. The smallest absolute Gasteiger partial charge is 0.251 e. The van der Waals surface area contributed by atoms with Gasteiger partial charge in [-0.2, -0.15) is 0 Å². The maximum atomic E-state index is 13.6. The molecule has 1 N–H and O–H groups in total. The van der Waals surface area contributed by atoms with E-state index in [1.807, 2.05) is 31.2 Å². The summed E-state index contributed by atoms with van der Waals surface area (Å²) in [6, 6.07) is 7.35. The normalized spacial score (nSPS) is 27.9. The van der Waals surface area contributed by atoms with E-state index in [-0.39, 0.29) is 28.6 Å². The first kappa shape index (κ1) is 20.9. The first-order chi connectivity index (χ1) is 13.0. The molecule has 0 spiro atoms. The topological polar surface area (TPSA) is 49.4 Å². The molecule has 1 aliphatic heterocycles. The maximum absolute atomic E-state index is 13.6. The zero-order chi connectivity index (χ0) is 20.7. The Hall–Kier alpha value is -1.84. The van der Waals surface area contributed by atoms with Crippen LogP contribution in [-0.2, 0) is 4.79 Å². The van der Waals surface area contributed by atoms with Gasteiger partial charge in [0.1, 0.15) is 6.04 Å². The number of carbonyl (C=O) groups excluding carboxylic acids is 2. The van der Waals surface area contributed by atoms with Crippen molar-refractivity contribution in [2.75, 3.05) is 6.54 Å². The highest BCUT2D eigenvalue weighted by molar-refractivity contribution is 5.97. The van der Waals surface area contributed by atoms with Crippen LogP contribution in [0.25, 0.3) is 0 Å². The number of aryl methyl sites for hydroxylation is 1. The molecule has 1 heterocycles. The molecule has 1 aromatic rings. The van der Waals surface area contributed by atoms with Crippen molar-refractivity contribution in [2.24, 2.45) is 16.7 Å². The summed E-state index contributed by atoms with van der Waals surface area (Å²) >= 11 is 0. The molecular formula is C24H36N2O2. The first-order valence-corrected chi connectivity index (χ1v) is 10.7. The van der Waals surface area contributed by atoms with E-state index in [0.29, 0.717) is 11.6 Å². The summed E-state index contributed by atoms with van der Waals surface area (Å²) < 4.78 is 0. The van der Waals surface area contributed by atoms with Crippen molar-refractivity contribution in [1.82, 2.24) is 10.2 Å². The molecule has 3 rings (SSSR count). The van der Waals surface area contributed by atoms with Crippen LogP contribution in [0.15, 0.2) is 24.3 Å². The van der Waals surface area contributed by atoms with Gasteiger partial charge in [0, 0.05) is 18.2 Å². The molecule has 1 aliphatic carbocycles. The summed E-state index contributed by atoms with van der Waals surface area (Å²) in [5.41, 5.74) is 2.19. The third kappa shape index (κ3) is 4.26. The summed E-state index contributed by atoms with van der Waals surface area (Å²) in [4.78, 5) is 28.5. The second-order valence-electron chi connectivity index (χ2n) is 10.4. The number of likely N-dealkylation sites (tertiary alicyclic amines) is 1. The number of amides is 2. The molecule has 2 aliphatic rings. The lowest BCUT2D eigenvalue weighted by Gasteiger charge is -2.39. The fraction of sp³-hybridized carbons (Fsp3) is 0.667. The average Bonchev–Trinajstić information content (AvgIpc) is 2.87. The second kappa shape index (κ2) is 7.53. The van der Waals surface area contributed by atoms with Crippen LogP contribution in [0.2, 0.25) is 0 Å². The van der Waals surface area contributed by atoms with Crippen molar-refractivity contribution in [3.05, 3.63) is 35.4 Å². The van der Waals surface area contributed by atoms with E-state index in [1.54, 1.807) is 0 Å². The maximum Gasteiger partial charge on any atom is 0.251 e. The van der Waals surface area contributed by atoms with Crippen LogP contribution in [0.3, 0.4) is 0 Å². The van der Waals surface area contributed by atoms with Gasteiger partial charge >= 0.3 is 0 Å². The highest BCUT2D eigenvalue weighted by Crippen LogP contribution is 2.52. The first-order valence-electron chi connectivity index (χ1n) is 10.7. The molecule has 1 saturated heterocycles. The van der Waals surface area contributed by atoms with Crippen molar-refractivity contribution < 1.29 is 9.59 Å². The zero-order valence-corrected chi connectivity index (χ0v) is 18.3. The van der Waals surface area contributed by atoms with Crippen LogP contribution in [0, 0.1) is 23.7 Å². The predicted octanol–water partition coefficient (Wildman–Crippen LogP) is 4.57. The minimum Gasteiger partial charge on any atom is -0.340 e. The Morgan fingerprint density at radius 3 is 2.43 bits per heavy atom. The van der Waals surface area contributed by atoms with Crippen LogP contribution in [-0.4, -0.2) is 35.3 Å². The van der Waals surface area contributed by atoms with Gasteiger partial charge in [0.2, 0.25) is 5.91 Å². The van der Waals surface area contributed by atoms with Crippen LogP contribution in [0.1, 0.15) is 76.2 Å². The molecule has 4 heteroatoms. The number of nitrogens with one attached hydrogen (secondary N) is 1. The number of fused-ring (bicyclic) bond motifs is 2. The Morgan fingerprint density at radius 2 is 1.82 bits per heavy atom. The van der Waals surface area contributed by atoms with Gasteiger partial charge < -0.3 is 10.2 Å². The summed E-state index contributed by atoms with van der Waals surface area (Å²) in [6.45, 7) is 13.9. The van der Waals surface area contributed by atoms with E-state index in [2.05, 4.69) is 44.8 Å². The van der Waals surface area contributed by atoms with Gasteiger partial charge in [-0.1, -0.05) is 58.7 Å². The fourth-order valence-corrected chi connectivity index (χ4v) is 5.51. The molecule has 2 fully saturated rings. The van der Waals surface area contributed by atoms with E-state index >= 15 is 0 Å². The SMILES string of the molecule is CCC(C)C(NC(=O)c1ccc(C)cc1)C(=O)N1CC2(C)CC1CC(C)(C)C2. The number of nitrogens with zero attached hydrogens (tertiary/aromatic N) is 1. The summed E-state index contributed by atoms with van der Waals surface area (Å²) in [5, 5.41) is 3.06. The molecule has 154 valence electrons. The van der Waals surface area contributed by atoms with Crippen molar-refractivity contribution in [3.63, 3.8) is 0 Å². The molecule has 0 aromatic heterocycles. The molecular weight excluding hydrogens is 348 g/mol. The van der Waals surface area contributed by atoms with Crippen LogP contribution in [0.4, 0.5) is 0 Å². The van der Waals surface area contributed by atoms with E-state index in [1.165, 1.54) is 0 Å². The number of rotatable bonds is 5. The van der Waals surface area contributed by atoms with E-state index in [4.69, 9.17) is 0 Å². The molecule has 2 bridgehead atoms. The minimum absolute atomic E-state index is 0.0984. The molecule has 1 saturated carbocycles.